The topological polar surface area (TPSA) is 147 Å². The van der Waals surface area contributed by atoms with Gasteiger partial charge in [0, 0.05) is 12.8 Å². The third-order valence-corrected chi connectivity index (χ3v) is 8.21. The number of phenols is 2. The van der Waals surface area contributed by atoms with Crippen molar-refractivity contribution in [1.82, 2.24) is 0 Å². The highest BCUT2D eigenvalue weighted by Gasteiger charge is 2.53. The van der Waals surface area contributed by atoms with E-state index in [0.717, 1.165) is 11.1 Å². The van der Waals surface area contributed by atoms with E-state index in [9.17, 15) is 28.2 Å². The lowest BCUT2D eigenvalue weighted by Gasteiger charge is -2.24. The highest BCUT2D eigenvalue weighted by Crippen LogP contribution is 2.51. The van der Waals surface area contributed by atoms with Crippen LogP contribution in [0.2, 0.25) is 0 Å². The SMILES string of the molecule is O=C(O)CC(=O)Cc1ccc(OS(=O)(=O)C2CC3OC2C(c2ccc(O)cc2)=C3c2ccc(O)cc2)cc1. The Morgan fingerprint density at radius 1 is 0.842 bits per heavy atom. The standard InChI is InChI=1S/C28H24O9S/c29-19-7-3-17(4-8-19)26-23-15-24(28(36-23)27(26)18-5-9-20(30)10-6-18)38(34,35)37-22-11-1-16(2-12-22)13-21(31)14-25(32)33/h1-12,23-24,28-30H,13-15H2,(H,32,33). The molecule has 3 N–H and O–H groups in total. The van der Waals surface area contributed by atoms with Crippen molar-refractivity contribution in [1.29, 1.82) is 0 Å². The molecule has 0 aromatic heterocycles. The van der Waals surface area contributed by atoms with Gasteiger partial charge in [0.25, 0.3) is 0 Å². The number of hydrogen-bond donors (Lipinski definition) is 3. The molecular formula is C28H24O9S. The molecule has 3 aromatic rings. The monoisotopic (exact) mass is 536 g/mol. The number of aliphatic carboxylic acids is 1. The van der Waals surface area contributed by atoms with Crippen LogP contribution in [0.3, 0.4) is 0 Å². The van der Waals surface area contributed by atoms with E-state index in [1.54, 1.807) is 36.4 Å². The molecule has 2 aliphatic heterocycles. The third-order valence-electron chi connectivity index (χ3n) is 6.60. The molecule has 2 heterocycles. The summed E-state index contributed by atoms with van der Waals surface area (Å²) in [6.45, 7) is 0. The predicted octanol–water partition coefficient (Wildman–Crippen LogP) is 3.54. The van der Waals surface area contributed by atoms with Gasteiger partial charge in [-0.25, -0.2) is 0 Å². The molecule has 0 aliphatic carbocycles. The van der Waals surface area contributed by atoms with Crippen molar-refractivity contribution in [3.63, 3.8) is 0 Å². The quantitative estimate of drug-likeness (QED) is 0.276. The summed E-state index contributed by atoms with van der Waals surface area (Å²) in [5.74, 6) is -1.42. The number of carboxylic acids is 1. The highest BCUT2D eigenvalue weighted by atomic mass is 32.2. The first-order chi connectivity index (χ1) is 18.1. The van der Waals surface area contributed by atoms with Gasteiger partial charge in [0.2, 0.25) is 0 Å². The van der Waals surface area contributed by atoms with E-state index >= 15 is 0 Å². The number of ketones is 1. The van der Waals surface area contributed by atoms with Gasteiger partial charge >= 0.3 is 16.1 Å². The van der Waals surface area contributed by atoms with E-state index in [4.69, 9.17) is 14.0 Å². The van der Waals surface area contributed by atoms with Crippen LogP contribution >= 0.6 is 0 Å². The average Bonchev–Trinajstić information content (AvgIpc) is 3.46. The fraction of sp³-hybridized carbons (Fsp3) is 0.214. The first-order valence-electron chi connectivity index (χ1n) is 11.8. The molecule has 10 heteroatoms. The molecular weight excluding hydrogens is 512 g/mol. The summed E-state index contributed by atoms with van der Waals surface area (Å²) in [5, 5.41) is 27.2. The Bertz CT molecular complexity index is 1510. The maximum Gasteiger partial charge on any atom is 0.315 e. The lowest BCUT2D eigenvalue weighted by atomic mass is 9.83. The summed E-state index contributed by atoms with van der Waals surface area (Å²) in [6, 6.07) is 18.9. The Balaban J connectivity index is 1.41. The van der Waals surface area contributed by atoms with Crippen molar-refractivity contribution in [2.75, 3.05) is 0 Å². The summed E-state index contributed by atoms with van der Waals surface area (Å²) >= 11 is 0. The smallest absolute Gasteiger partial charge is 0.315 e. The molecule has 3 aromatic carbocycles. The van der Waals surface area contributed by atoms with E-state index in [-0.39, 0.29) is 30.1 Å². The van der Waals surface area contributed by atoms with Crippen molar-refractivity contribution >= 4 is 33.0 Å². The minimum atomic E-state index is -4.15. The average molecular weight is 537 g/mol. The molecule has 5 rings (SSSR count). The Labute approximate surface area is 218 Å². The van der Waals surface area contributed by atoms with Gasteiger partial charge in [-0.15, -0.1) is 0 Å². The second-order valence-corrected chi connectivity index (χ2v) is 11.0. The second kappa shape index (κ2) is 9.96. The van der Waals surface area contributed by atoms with Crippen LogP contribution in [-0.2, 0) is 30.9 Å². The Morgan fingerprint density at radius 2 is 1.39 bits per heavy atom. The lowest BCUT2D eigenvalue weighted by molar-refractivity contribution is -0.140. The number of fused-ring (bicyclic) bond motifs is 2. The number of aromatic hydroxyl groups is 2. The molecule has 0 spiro atoms. The molecule has 0 amide bonds. The molecule has 3 atom stereocenters. The Hall–Kier alpha value is -4.15. The zero-order valence-electron chi connectivity index (χ0n) is 20.0. The first kappa shape index (κ1) is 25.5. The number of hydrogen-bond acceptors (Lipinski definition) is 8. The van der Waals surface area contributed by atoms with Crippen LogP contribution in [0.4, 0.5) is 0 Å². The second-order valence-electron chi connectivity index (χ2n) is 9.25. The van der Waals surface area contributed by atoms with Gasteiger partial charge < -0.3 is 24.2 Å². The van der Waals surface area contributed by atoms with Gasteiger partial charge in [0.15, 0.2) is 0 Å². The number of carbonyl (C=O) groups is 2. The number of carboxylic acid groups (broad SMARTS) is 1. The Morgan fingerprint density at radius 3 is 1.95 bits per heavy atom. The van der Waals surface area contributed by atoms with Crippen molar-refractivity contribution in [3.05, 3.63) is 89.5 Å². The minimum Gasteiger partial charge on any atom is -0.508 e. The summed E-state index contributed by atoms with van der Waals surface area (Å²) in [6.07, 6.45) is -1.82. The van der Waals surface area contributed by atoms with Gasteiger partial charge in [-0.1, -0.05) is 36.4 Å². The fourth-order valence-corrected chi connectivity index (χ4v) is 6.37. The van der Waals surface area contributed by atoms with Crippen LogP contribution in [0.15, 0.2) is 72.8 Å². The van der Waals surface area contributed by atoms with Crippen molar-refractivity contribution in [2.45, 2.75) is 36.7 Å². The number of ether oxygens (including phenoxy) is 1. The van der Waals surface area contributed by atoms with Crippen molar-refractivity contribution < 1.29 is 42.2 Å². The van der Waals surface area contributed by atoms with E-state index in [0.29, 0.717) is 16.7 Å². The van der Waals surface area contributed by atoms with Crippen LogP contribution < -0.4 is 4.18 Å². The van der Waals surface area contributed by atoms with Crippen LogP contribution in [0.1, 0.15) is 29.5 Å². The molecule has 0 radical (unpaired) electrons. The molecule has 2 bridgehead atoms. The van der Waals surface area contributed by atoms with Crippen molar-refractivity contribution in [3.8, 4) is 17.2 Å². The summed E-state index contributed by atoms with van der Waals surface area (Å²) in [4.78, 5) is 22.4. The molecule has 38 heavy (non-hydrogen) atoms. The summed E-state index contributed by atoms with van der Waals surface area (Å²) in [7, 11) is -4.15. The number of Topliss-reactive ketones (excluding diaryl/α,β-unsaturated/α-hetero) is 1. The Kier molecular flexibility index (Phi) is 6.68. The minimum absolute atomic E-state index is 0.0659. The lowest BCUT2D eigenvalue weighted by Crippen LogP contribution is -2.35. The molecule has 1 fully saturated rings. The number of benzene rings is 3. The van der Waals surface area contributed by atoms with E-state index < -0.39 is 45.7 Å². The normalized spacial score (nSPS) is 20.5. The van der Waals surface area contributed by atoms with Crippen LogP contribution in [0.5, 0.6) is 17.2 Å². The van der Waals surface area contributed by atoms with E-state index in [1.165, 1.54) is 36.4 Å². The fourth-order valence-electron chi connectivity index (χ4n) is 4.95. The van der Waals surface area contributed by atoms with Gasteiger partial charge in [-0.2, -0.15) is 8.42 Å². The zero-order valence-corrected chi connectivity index (χ0v) is 20.8. The van der Waals surface area contributed by atoms with Gasteiger partial charge in [0.1, 0.15) is 40.8 Å². The van der Waals surface area contributed by atoms with E-state index in [2.05, 4.69) is 0 Å². The zero-order chi connectivity index (χ0) is 27.0. The molecule has 3 unspecified atom stereocenters. The van der Waals surface area contributed by atoms with E-state index in [1.807, 2.05) is 0 Å². The van der Waals surface area contributed by atoms with Crippen LogP contribution in [0.25, 0.3) is 11.1 Å². The molecule has 0 saturated carbocycles. The first-order valence-corrected chi connectivity index (χ1v) is 13.3. The molecule has 9 nitrogen and oxygen atoms in total. The highest BCUT2D eigenvalue weighted by molar-refractivity contribution is 7.87. The number of carbonyl (C=O) groups excluding carboxylic acids is 1. The number of phenolic OH excluding ortho intramolecular Hbond substituents is 2. The summed E-state index contributed by atoms with van der Waals surface area (Å²) in [5.41, 5.74) is 3.54. The maximum absolute atomic E-state index is 13.4. The van der Waals surface area contributed by atoms with Gasteiger partial charge in [0.05, 0.1) is 6.10 Å². The van der Waals surface area contributed by atoms with Gasteiger partial charge in [-0.05, 0) is 64.2 Å². The van der Waals surface area contributed by atoms with Crippen LogP contribution in [0, 0.1) is 0 Å². The number of rotatable bonds is 9. The maximum atomic E-state index is 13.4. The molecule has 2 aliphatic rings. The largest absolute Gasteiger partial charge is 0.508 e. The summed E-state index contributed by atoms with van der Waals surface area (Å²) < 4.78 is 38.4. The van der Waals surface area contributed by atoms with Gasteiger partial charge in [-0.3, -0.25) is 9.59 Å². The van der Waals surface area contributed by atoms with Crippen molar-refractivity contribution in [2.24, 2.45) is 0 Å². The predicted molar refractivity (Wildman–Crippen MR) is 137 cm³/mol. The molecule has 1 saturated heterocycles. The van der Waals surface area contributed by atoms with Crippen LogP contribution in [-0.4, -0.2) is 52.9 Å². The molecule has 196 valence electrons. The third kappa shape index (κ3) is 5.13.